The summed E-state index contributed by atoms with van der Waals surface area (Å²) in [4.78, 5) is 0. The van der Waals surface area contributed by atoms with Gasteiger partial charge in [-0.3, -0.25) is 0 Å². The van der Waals surface area contributed by atoms with Crippen molar-refractivity contribution < 1.29 is 9.50 Å². The third-order valence-corrected chi connectivity index (χ3v) is 2.99. The molecule has 0 aliphatic rings. The Balaban J connectivity index is 2.97. The molecule has 0 atom stereocenters. The van der Waals surface area contributed by atoms with Crippen LogP contribution in [0.5, 0.6) is 0 Å². The number of hydrogen-bond donors (Lipinski definition) is 3. The van der Waals surface area contributed by atoms with E-state index in [4.69, 9.17) is 5.73 Å². The molecule has 0 heterocycles. The lowest BCUT2D eigenvalue weighted by Gasteiger charge is -2.39. The number of rotatable bonds is 3. The molecule has 0 aliphatic carbocycles. The fraction of sp³-hybridized carbons (Fsp3) is 0.500. The molecule has 1 aromatic rings. The Morgan fingerprint density at radius 1 is 1.25 bits per heavy atom. The van der Waals surface area contributed by atoms with Crippen LogP contribution in [-0.2, 0) is 0 Å². The molecule has 1 aromatic carbocycles. The van der Waals surface area contributed by atoms with E-state index in [2.05, 4.69) is 5.32 Å². The summed E-state index contributed by atoms with van der Waals surface area (Å²) in [6, 6.07) is 4.15. The Morgan fingerprint density at radius 2 is 1.81 bits per heavy atom. The van der Waals surface area contributed by atoms with Crippen molar-refractivity contribution in [1.82, 2.24) is 0 Å². The van der Waals surface area contributed by atoms with E-state index in [0.717, 1.165) is 0 Å². The summed E-state index contributed by atoms with van der Waals surface area (Å²) in [5.74, 6) is -0.371. The van der Waals surface area contributed by atoms with Gasteiger partial charge in [0.25, 0.3) is 0 Å². The summed E-state index contributed by atoms with van der Waals surface area (Å²) < 4.78 is 12.9. The first-order chi connectivity index (χ1) is 7.13. The largest absolute Gasteiger partial charge is 0.397 e. The Morgan fingerprint density at radius 3 is 2.25 bits per heavy atom. The smallest absolute Gasteiger partial charge is 0.125 e. The second-order valence-corrected chi connectivity index (χ2v) is 5.04. The van der Waals surface area contributed by atoms with Crippen molar-refractivity contribution in [3.63, 3.8) is 0 Å². The number of nitrogens with two attached hydrogens (primary N) is 1. The molecule has 0 unspecified atom stereocenters. The number of hydrogen-bond acceptors (Lipinski definition) is 3. The zero-order valence-corrected chi connectivity index (χ0v) is 10.1. The predicted octanol–water partition coefficient (Wildman–Crippen LogP) is 2.37. The summed E-state index contributed by atoms with van der Waals surface area (Å²) in [5.41, 5.74) is 5.14. The van der Waals surface area contributed by atoms with Crippen LogP contribution in [0.25, 0.3) is 0 Å². The summed E-state index contributed by atoms with van der Waals surface area (Å²) in [6.45, 7) is 7.13. The van der Waals surface area contributed by atoms with Gasteiger partial charge >= 0.3 is 0 Å². The van der Waals surface area contributed by atoms with Gasteiger partial charge in [0.15, 0.2) is 0 Å². The highest BCUT2D eigenvalue weighted by atomic mass is 19.1. The molecule has 0 radical (unpaired) electrons. The van der Waals surface area contributed by atoms with Crippen molar-refractivity contribution in [3.05, 3.63) is 24.0 Å². The van der Waals surface area contributed by atoms with Crippen molar-refractivity contribution in [2.45, 2.75) is 38.8 Å². The standard InChI is InChI=1S/C12H19FN2O/c1-11(2,12(3,4)16)15-10-6-5-8(13)7-9(10)14/h5-7,15-16H,14H2,1-4H3. The van der Waals surface area contributed by atoms with Crippen LogP contribution in [0, 0.1) is 5.82 Å². The highest BCUT2D eigenvalue weighted by Gasteiger charge is 2.35. The molecule has 0 amide bonds. The number of anilines is 2. The second-order valence-electron chi connectivity index (χ2n) is 5.04. The van der Waals surface area contributed by atoms with Gasteiger partial charge in [-0.1, -0.05) is 0 Å². The average molecular weight is 226 g/mol. The normalized spacial score (nSPS) is 12.6. The quantitative estimate of drug-likeness (QED) is 0.693. The van der Waals surface area contributed by atoms with Crippen LogP contribution in [0.2, 0.25) is 0 Å². The van der Waals surface area contributed by atoms with Gasteiger partial charge in [-0.05, 0) is 45.9 Å². The Kier molecular flexibility index (Phi) is 3.15. The van der Waals surface area contributed by atoms with E-state index >= 15 is 0 Å². The predicted molar refractivity (Wildman–Crippen MR) is 64.8 cm³/mol. The van der Waals surface area contributed by atoms with Gasteiger partial charge in [-0.25, -0.2) is 4.39 Å². The number of halogens is 1. The monoisotopic (exact) mass is 226 g/mol. The molecule has 0 spiro atoms. The summed E-state index contributed by atoms with van der Waals surface area (Å²) in [5, 5.41) is 13.1. The molecule has 0 fully saturated rings. The average Bonchev–Trinajstić information content (AvgIpc) is 2.08. The van der Waals surface area contributed by atoms with Gasteiger partial charge < -0.3 is 16.2 Å². The lowest BCUT2D eigenvalue weighted by Crippen LogP contribution is -2.51. The first-order valence-corrected chi connectivity index (χ1v) is 5.19. The molecule has 90 valence electrons. The second kappa shape index (κ2) is 3.94. The lowest BCUT2D eigenvalue weighted by molar-refractivity contribution is 0.0241. The van der Waals surface area contributed by atoms with E-state index in [0.29, 0.717) is 11.4 Å². The molecule has 4 N–H and O–H groups in total. The van der Waals surface area contributed by atoms with Crippen LogP contribution in [-0.4, -0.2) is 16.2 Å². The molecular weight excluding hydrogens is 207 g/mol. The third-order valence-electron chi connectivity index (χ3n) is 2.99. The molecule has 16 heavy (non-hydrogen) atoms. The SMILES string of the molecule is CC(C)(O)C(C)(C)Nc1ccc(F)cc1N. The topological polar surface area (TPSA) is 58.3 Å². The first kappa shape index (κ1) is 12.8. The van der Waals surface area contributed by atoms with Gasteiger partial charge in [0.1, 0.15) is 5.82 Å². The minimum Gasteiger partial charge on any atom is -0.397 e. The first-order valence-electron chi connectivity index (χ1n) is 5.19. The maximum atomic E-state index is 12.9. The van der Waals surface area contributed by atoms with Crippen molar-refractivity contribution in [3.8, 4) is 0 Å². The van der Waals surface area contributed by atoms with Gasteiger partial charge in [0, 0.05) is 0 Å². The van der Waals surface area contributed by atoms with E-state index in [1.165, 1.54) is 12.1 Å². The molecule has 0 saturated heterocycles. The summed E-state index contributed by atoms with van der Waals surface area (Å²) in [7, 11) is 0. The molecule has 3 nitrogen and oxygen atoms in total. The Hall–Kier alpha value is -1.29. The lowest BCUT2D eigenvalue weighted by atomic mass is 9.85. The fourth-order valence-electron chi connectivity index (χ4n) is 1.14. The minimum absolute atomic E-state index is 0.331. The number of nitrogens with one attached hydrogen (secondary N) is 1. The molecule has 0 aromatic heterocycles. The van der Waals surface area contributed by atoms with E-state index in [9.17, 15) is 9.50 Å². The minimum atomic E-state index is -0.923. The molecule has 0 bridgehead atoms. The number of aliphatic hydroxyl groups is 1. The van der Waals surface area contributed by atoms with Crippen LogP contribution in [0.1, 0.15) is 27.7 Å². The summed E-state index contributed by atoms with van der Waals surface area (Å²) in [6.07, 6.45) is 0. The zero-order valence-electron chi connectivity index (χ0n) is 10.1. The van der Waals surface area contributed by atoms with Crippen LogP contribution >= 0.6 is 0 Å². The molecule has 0 aliphatic heterocycles. The van der Waals surface area contributed by atoms with E-state index < -0.39 is 11.1 Å². The molecule has 1 rings (SSSR count). The van der Waals surface area contributed by atoms with Crippen molar-refractivity contribution in [2.75, 3.05) is 11.1 Å². The van der Waals surface area contributed by atoms with Gasteiger partial charge in [-0.15, -0.1) is 0 Å². The van der Waals surface area contributed by atoms with Gasteiger partial charge in [-0.2, -0.15) is 0 Å². The number of benzene rings is 1. The van der Waals surface area contributed by atoms with E-state index in [1.54, 1.807) is 19.9 Å². The van der Waals surface area contributed by atoms with Crippen molar-refractivity contribution in [1.29, 1.82) is 0 Å². The van der Waals surface area contributed by atoms with Crippen molar-refractivity contribution >= 4 is 11.4 Å². The van der Waals surface area contributed by atoms with Gasteiger partial charge in [0.05, 0.1) is 22.5 Å². The highest BCUT2D eigenvalue weighted by molar-refractivity contribution is 5.67. The fourth-order valence-corrected chi connectivity index (χ4v) is 1.14. The highest BCUT2D eigenvalue weighted by Crippen LogP contribution is 2.29. The molecule has 0 saturated carbocycles. The van der Waals surface area contributed by atoms with Gasteiger partial charge in [0.2, 0.25) is 0 Å². The molecular formula is C12H19FN2O. The van der Waals surface area contributed by atoms with Crippen LogP contribution in [0.3, 0.4) is 0 Å². The zero-order chi connectivity index (χ0) is 12.6. The van der Waals surface area contributed by atoms with E-state index in [-0.39, 0.29) is 5.82 Å². The summed E-state index contributed by atoms with van der Waals surface area (Å²) >= 11 is 0. The third kappa shape index (κ3) is 2.64. The Labute approximate surface area is 95.5 Å². The maximum absolute atomic E-state index is 12.9. The van der Waals surface area contributed by atoms with E-state index in [1.807, 2.05) is 13.8 Å². The van der Waals surface area contributed by atoms with Crippen molar-refractivity contribution in [2.24, 2.45) is 0 Å². The van der Waals surface area contributed by atoms with Crippen LogP contribution in [0.15, 0.2) is 18.2 Å². The number of nitrogen functional groups attached to an aromatic ring is 1. The van der Waals surface area contributed by atoms with Crippen LogP contribution < -0.4 is 11.1 Å². The molecule has 4 heteroatoms. The maximum Gasteiger partial charge on any atom is 0.125 e. The van der Waals surface area contributed by atoms with Crippen LogP contribution in [0.4, 0.5) is 15.8 Å². The Bertz CT molecular complexity index is 383.